The molecule has 0 aliphatic heterocycles. The Morgan fingerprint density at radius 3 is 2.74 bits per heavy atom. The lowest BCUT2D eigenvalue weighted by Crippen LogP contribution is -2.07. The van der Waals surface area contributed by atoms with E-state index < -0.39 is 0 Å². The second-order valence-electron chi connectivity index (χ2n) is 4.24. The van der Waals surface area contributed by atoms with Crippen LogP contribution in [0.3, 0.4) is 0 Å². The van der Waals surface area contributed by atoms with Crippen LogP contribution in [0.15, 0.2) is 49.7 Å². The molecule has 0 atom stereocenters. The van der Waals surface area contributed by atoms with Gasteiger partial charge in [0, 0.05) is 49.1 Å². The number of pyridine rings is 1. The van der Waals surface area contributed by atoms with E-state index in [-0.39, 0.29) is 0 Å². The maximum Gasteiger partial charge on any atom is 0.0951 e. The third-order valence-corrected chi connectivity index (χ3v) is 3.00. The van der Waals surface area contributed by atoms with Gasteiger partial charge >= 0.3 is 0 Å². The van der Waals surface area contributed by atoms with Crippen molar-refractivity contribution in [2.45, 2.75) is 13.1 Å². The zero-order chi connectivity index (χ0) is 13.1. The highest BCUT2D eigenvalue weighted by Gasteiger charge is 2.08. The van der Waals surface area contributed by atoms with Crippen LogP contribution in [-0.4, -0.2) is 24.1 Å². The predicted octanol–water partition coefficient (Wildman–Crippen LogP) is 1.42. The topological polar surface area (TPSA) is 74.5 Å². The number of anilines is 1. The first-order chi connectivity index (χ1) is 9.34. The normalized spacial score (nSPS) is 10.7. The first kappa shape index (κ1) is 11.5. The zero-order valence-corrected chi connectivity index (χ0v) is 10.3. The van der Waals surface area contributed by atoms with Gasteiger partial charge in [-0.25, -0.2) is 9.97 Å². The van der Waals surface area contributed by atoms with Crippen molar-refractivity contribution in [2.24, 2.45) is 0 Å². The van der Waals surface area contributed by atoms with Crippen LogP contribution in [0.1, 0.15) is 0 Å². The van der Waals surface area contributed by atoms with Gasteiger partial charge in [-0.05, 0) is 6.07 Å². The van der Waals surface area contributed by atoms with E-state index in [0.717, 1.165) is 24.3 Å². The van der Waals surface area contributed by atoms with Crippen LogP contribution in [0.5, 0.6) is 0 Å². The molecule has 0 amide bonds. The molecule has 0 saturated heterocycles. The fraction of sp³-hybridized carbons (Fsp3) is 0.154. The number of hydrogen-bond acceptors (Lipinski definition) is 4. The average Bonchev–Trinajstić information content (AvgIpc) is 3.08. The minimum Gasteiger partial charge on any atom is -0.398 e. The fourth-order valence-corrected chi connectivity index (χ4v) is 1.98. The van der Waals surface area contributed by atoms with Crippen molar-refractivity contribution in [2.75, 3.05) is 5.73 Å². The van der Waals surface area contributed by atoms with E-state index in [1.165, 1.54) is 0 Å². The van der Waals surface area contributed by atoms with Gasteiger partial charge in [0.25, 0.3) is 0 Å². The van der Waals surface area contributed by atoms with Crippen LogP contribution in [0.2, 0.25) is 0 Å². The summed E-state index contributed by atoms with van der Waals surface area (Å²) in [6.07, 6.45) is 12.6. The quantitative estimate of drug-likeness (QED) is 0.764. The molecule has 6 heteroatoms. The SMILES string of the molecule is Nc1ccncc1-c1cncn1CCn1ccnc1. The number of aryl methyl sites for hydroxylation is 2. The molecule has 3 aromatic rings. The Hall–Kier alpha value is -2.63. The van der Waals surface area contributed by atoms with E-state index >= 15 is 0 Å². The van der Waals surface area contributed by atoms with Crippen LogP contribution in [0, 0.1) is 0 Å². The summed E-state index contributed by atoms with van der Waals surface area (Å²) in [5.41, 5.74) is 8.57. The zero-order valence-electron chi connectivity index (χ0n) is 10.3. The Morgan fingerprint density at radius 2 is 1.95 bits per heavy atom. The number of hydrogen-bond donors (Lipinski definition) is 1. The third kappa shape index (κ3) is 2.33. The van der Waals surface area contributed by atoms with Gasteiger partial charge in [0.1, 0.15) is 0 Å². The molecule has 3 rings (SSSR count). The predicted molar refractivity (Wildman–Crippen MR) is 72.1 cm³/mol. The summed E-state index contributed by atoms with van der Waals surface area (Å²) >= 11 is 0. The number of nitrogens with zero attached hydrogens (tertiary/aromatic N) is 5. The van der Waals surface area contributed by atoms with E-state index in [2.05, 4.69) is 19.5 Å². The largest absolute Gasteiger partial charge is 0.398 e. The standard InChI is InChI=1S/C13H14N6/c14-12-1-2-15-7-11(12)13-8-17-10-19(13)6-5-18-4-3-16-9-18/h1-4,7-10H,5-6H2,(H2,14,15). The summed E-state index contributed by atoms with van der Waals surface area (Å²) in [6, 6.07) is 1.79. The summed E-state index contributed by atoms with van der Waals surface area (Å²) in [5.74, 6) is 0. The second kappa shape index (κ2) is 4.93. The highest BCUT2D eigenvalue weighted by atomic mass is 15.1. The molecule has 0 spiro atoms. The van der Waals surface area contributed by atoms with Gasteiger partial charge in [0.05, 0.1) is 24.5 Å². The summed E-state index contributed by atoms with van der Waals surface area (Å²) in [4.78, 5) is 12.3. The van der Waals surface area contributed by atoms with Gasteiger partial charge in [0.2, 0.25) is 0 Å². The smallest absolute Gasteiger partial charge is 0.0951 e. The van der Waals surface area contributed by atoms with Crippen LogP contribution < -0.4 is 5.73 Å². The molecule has 0 aliphatic rings. The molecule has 0 aromatic carbocycles. The lowest BCUT2D eigenvalue weighted by Gasteiger charge is -2.10. The molecule has 2 N–H and O–H groups in total. The van der Waals surface area contributed by atoms with E-state index in [4.69, 9.17) is 5.73 Å². The lowest BCUT2D eigenvalue weighted by molar-refractivity contribution is 0.581. The highest BCUT2D eigenvalue weighted by molar-refractivity contribution is 5.72. The number of nitrogen functional groups attached to an aromatic ring is 1. The average molecular weight is 254 g/mol. The molecule has 3 aromatic heterocycles. The van der Waals surface area contributed by atoms with Crippen molar-refractivity contribution in [3.63, 3.8) is 0 Å². The molecule has 0 bridgehead atoms. The van der Waals surface area contributed by atoms with Gasteiger partial charge < -0.3 is 14.9 Å². The van der Waals surface area contributed by atoms with Crippen molar-refractivity contribution >= 4 is 5.69 Å². The molecule has 6 nitrogen and oxygen atoms in total. The minimum absolute atomic E-state index is 0.708. The molecular formula is C13H14N6. The third-order valence-electron chi connectivity index (χ3n) is 3.00. The highest BCUT2D eigenvalue weighted by Crippen LogP contribution is 2.24. The number of rotatable bonds is 4. The Labute approximate surface area is 110 Å². The van der Waals surface area contributed by atoms with Gasteiger partial charge in [-0.3, -0.25) is 4.98 Å². The van der Waals surface area contributed by atoms with Crippen molar-refractivity contribution < 1.29 is 0 Å². The van der Waals surface area contributed by atoms with E-state index in [1.54, 1.807) is 43.5 Å². The maximum absolute atomic E-state index is 5.98. The molecule has 96 valence electrons. The molecule has 19 heavy (non-hydrogen) atoms. The molecule has 0 aliphatic carbocycles. The number of aromatic nitrogens is 5. The van der Waals surface area contributed by atoms with Gasteiger partial charge in [-0.15, -0.1) is 0 Å². The summed E-state index contributed by atoms with van der Waals surface area (Å²) in [7, 11) is 0. The van der Waals surface area contributed by atoms with Crippen LogP contribution in [-0.2, 0) is 13.1 Å². The molecule has 0 fully saturated rings. The Kier molecular flexibility index (Phi) is 2.97. The molecule has 3 heterocycles. The van der Waals surface area contributed by atoms with Gasteiger partial charge in [-0.2, -0.15) is 0 Å². The summed E-state index contributed by atoms with van der Waals surface area (Å²) in [5, 5.41) is 0. The molecule has 0 unspecified atom stereocenters. The van der Waals surface area contributed by atoms with Crippen molar-refractivity contribution in [3.8, 4) is 11.3 Å². The van der Waals surface area contributed by atoms with E-state index in [9.17, 15) is 0 Å². The number of nitrogens with two attached hydrogens (primary N) is 1. The first-order valence-electron chi connectivity index (χ1n) is 6.00. The van der Waals surface area contributed by atoms with Crippen LogP contribution in [0.25, 0.3) is 11.3 Å². The van der Waals surface area contributed by atoms with Crippen molar-refractivity contribution in [1.29, 1.82) is 0 Å². The lowest BCUT2D eigenvalue weighted by atomic mass is 10.2. The fourth-order valence-electron chi connectivity index (χ4n) is 1.98. The minimum atomic E-state index is 0.708. The van der Waals surface area contributed by atoms with Gasteiger partial charge in [0.15, 0.2) is 0 Å². The van der Waals surface area contributed by atoms with E-state index in [1.807, 2.05) is 10.8 Å². The second-order valence-corrected chi connectivity index (χ2v) is 4.24. The first-order valence-corrected chi connectivity index (χ1v) is 6.00. The van der Waals surface area contributed by atoms with Crippen molar-refractivity contribution in [1.82, 2.24) is 24.1 Å². The maximum atomic E-state index is 5.98. The van der Waals surface area contributed by atoms with Crippen LogP contribution >= 0.6 is 0 Å². The molecular weight excluding hydrogens is 240 g/mol. The Bertz CT molecular complexity index is 655. The Morgan fingerprint density at radius 1 is 1.00 bits per heavy atom. The molecule has 0 saturated carbocycles. The van der Waals surface area contributed by atoms with Crippen molar-refractivity contribution in [3.05, 3.63) is 49.7 Å². The van der Waals surface area contributed by atoms with Gasteiger partial charge in [-0.1, -0.05) is 0 Å². The molecule has 0 radical (unpaired) electrons. The number of imidazole rings is 2. The monoisotopic (exact) mass is 254 g/mol. The summed E-state index contributed by atoms with van der Waals surface area (Å²) in [6.45, 7) is 1.64. The Balaban J connectivity index is 1.84. The summed E-state index contributed by atoms with van der Waals surface area (Å²) < 4.78 is 4.09. The van der Waals surface area contributed by atoms with Crippen LogP contribution in [0.4, 0.5) is 5.69 Å². The van der Waals surface area contributed by atoms with E-state index in [0.29, 0.717) is 5.69 Å².